The second kappa shape index (κ2) is 7.40. The minimum Gasteiger partial charge on any atom is -0.465 e. The molecule has 10 heteroatoms. The molecule has 1 aliphatic heterocycles. The number of nitrogens with one attached hydrogen (secondary N) is 1. The summed E-state index contributed by atoms with van der Waals surface area (Å²) in [5, 5.41) is 7.94. The Morgan fingerprint density at radius 1 is 1.10 bits per heavy atom. The molecule has 156 valence electrons. The summed E-state index contributed by atoms with van der Waals surface area (Å²) in [6.45, 7) is 2.04. The number of rotatable bonds is 4. The fraction of sp³-hybridized carbons (Fsp3) is 0.143. The molecule has 2 aromatic carbocycles. The van der Waals surface area contributed by atoms with Crippen LogP contribution in [0.15, 0.2) is 42.5 Å². The first-order valence-electron chi connectivity index (χ1n) is 9.29. The van der Waals surface area contributed by atoms with Gasteiger partial charge in [-0.05, 0) is 31.2 Å². The molecule has 0 bridgehead atoms. The van der Waals surface area contributed by atoms with E-state index in [1.165, 1.54) is 18.4 Å². The third-order valence-corrected chi connectivity index (χ3v) is 5.69. The number of ether oxygens (including phenoxy) is 3. The molecule has 4 aromatic rings. The normalized spacial score (nSPS) is 12.2. The van der Waals surface area contributed by atoms with Gasteiger partial charge in [0.2, 0.25) is 11.9 Å². The number of nitrogens with zero attached hydrogens (tertiary/aromatic N) is 3. The van der Waals surface area contributed by atoms with Gasteiger partial charge in [-0.3, -0.25) is 4.79 Å². The van der Waals surface area contributed by atoms with Crippen molar-refractivity contribution in [3.8, 4) is 16.6 Å². The summed E-state index contributed by atoms with van der Waals surface area (Å²) in [4.78, 5) is 29.0. The number of carbonyl (C=O) groups excluding carboxylic acids is 2. The monoisotopic (exact) mass is 436 g/mol. The molecule has 5 rings (SSSR count). The molecule has 3 heterocycles. The van der Waals surface area contributed by atoms with Crippen LogP contribution in [0.1, 0.15) is 26.4 Å². The Morgan fingerprint density at radius 2 is 1.81 bits per heavy atom. The van der Waals surface area contributed by atoms with Gasteiger partial charge in [0.15, 0.2) is 11.5 Å². The summed E-state index contributed by atoms with van der Waals surface area (Å²) in [6, 6.07) is 11.7. The predicted octanol–water partition coefficient (Wildman–Crippen LogP) is 3.56. The maximum Gasteiger partial charge on any atom is 0.337 e. The van der Waals surface area contributed by atoms with Crippen molar-refractivity contribution in [1.82, 2.24) is 14.8 Å². The minimum atomic E-state index is -0.460. The zero-order valence-electron chi connectivity index (χ0n) is 16.5. The van der Waals surface area contributed by atoms with Crippen LogP contribution in [-0.4, -0.2) is 40.5 Å². The van der Waals surface area contributed by atoms with Crippen LogP contribution in [0.3, 0.4) is 0 Å². The number of hydrogen-bond acceptors (Lipinski definition) is 8. The highest BCUT2D eigenvalue weighted by Gasteiger charge is 2.19. The largest absolute Gasteiger partial charge is 0.465 e. The first-order valence-corrected chi connectivity index (χ1v) is 10.1. The summed E-state index contributed by atoms with van der Waals surface area (Å²) in [6.07, 6.45) is 0. The lowest BCUT2D eigenvalue weighted by molar-refractivity contribution is 0.0600. The number of hydrogen-bond donors (Lipinski definition) is 1. The fourth-order valence-electron chi connectivity index (χ4n) is 3.19. The van der Waals surface area contributed by atoms with E-state index < -0.39 is 5.97 Å². The van der Waals surface area contributed by atoms with Crippen LogP contribution >= 0.6 is 11.3 Å². The predicted molar refractivity (Wildman–Crippen MR) is 113 cm³/mol. The number of anilines is 1. The minimum absolute atomic E-state index is 0.203. The fourth-order valence-corrected chi connectivity index (χ4v) is 4.14. The van der Waals surface area contributed by atoms with Gasteiger partial charge < -0.3 is 19.5 Å². The Labute approximate surface area is 180 Å². The van der Waals surface area contributed by atoms with Gasteiger partial charge in [-0.2, -0.15) is 9.78 Å². The topological polar surface area (TPSA) is 105 Å². The maximum absolute atomic E-state index is 12.7. The van der Waals surface area contributed by atoms with E-state index in [-0.39, 0.29) is 12.7 Å². The van der Waals surface area contributed by atoms with Crippen LogP contribution in [0.2, 0.25) is 0 Å². The molecule has 1 N–H and O–H groups in total. The van der Waals surface area contributed by atoms with Crippen LogP contribution < -0.4 is 14.8 Å². The zero-order chi connectivity index (χ0) is 21.5. The molecule has 2 aromatic heterocycles. The van der Waals surface area contributed by atoms with Crippen molar-refractivity contribution in [2.45, 2.75) is 6.92 Å². The first kappa shape index (κ1) is 19.1. The number of benzene rings is 2. The molecule has 0 radical (unpaired) electrons. The Balaban J connectivity index is 1.44. The molecule has 0 fully saturated rings. The van der Waals surface area contributed by atoms with Crippen LogP contribution in [0, 0.1) is 6.92 Å². The first-order chi connectivity index (χ1) is 15.0. The summed E-state index contributed by atoms with van der Waals surface area (Å²) < 4.78 is 18.0. The van der Waals surface area contributed by atoms with Crippen molar-refractivity contribution in [3.63, 3.8) is 0 Å². The highest BCUT2D eigenvalue weighted by molar-refractivity contribution is 7.20. The number of aromatic nitrogens is 3. The van der Waals surface area contributed by atoms with Gasteiger partial charge in [-0.25, -0.2) is 9.78 Å². The van der Waals surface area contributed by atoms with Gasteiger partial charge in [-0.15, -0.1) is 0 Å². The standard InChI is InChI=1S/C21H16N4O5S/c1-11-7-18(23-19(26)12-3-5-13(6-4-12)20(27)28-2)25(24-11)21-22-14-8-15-16(30-10-29-15)9-17(14)31-21/h3-9H,10H2,1-2H3,(H,23,26). The van der Waals surface area contributed by atoms with Gasteiger partial charge in [-0.1, -0.05) is 11.3 Å². The number of carbonyl (C=O) groups is 2. The van der Waals surface area contributed by atoms with Crippen LogP contribution in [0.5, 0.6) is 11.5 Å². The van der Waals surface area contributed by atoms with Gasteiger partial charge in [0.1, 0.15) is 5.82 Å². The quantitative estimate of drug-likeness (QED) is 0.488. The number of methoxy groups -OCH3 is 1. The van der Waals surface area contributed by atoms with Gasteiger partial charge in [0.25, 0.3) is 5.91 Å². The molecule has 1 aliphatic rings. The molecule has 0 aliphatic carbocycles. The lowest BCUT2D eigenvalue weighted by Gasteiger charge is -2.07. The molecule has 0 saturated heterocycles. The summed E-state index contributed by atoms with van der Waals surface area (Å²) >= 11 is 1.43. The summed E-state index contributed by atoms with van der Waals surface area (Å²) in [5.74, 6) is 1.03. The van der Waals surface area contributed by atoms with Crippen LogP contribution in [-0.2, 0) is 4.74 Å². The van der Waals surface area contributed by atoms with E-state index in [9.17, 15) is 9.59 Å². The average molecular weight is 436 g/mol. The van der Waals surface area contributed by atoms with E-state index in [1.807, 2.05) is 19.1 Å². The number of thiazole rings is 1. The molecule has 0 atom stereocenters. The Morgan fingerprint density at radius 3 is 2.55 bits per heavy atom. The number of fused-ring (bicyclic) bond motifs is 2. The summed E-state index contributed by atoms with van der Waals surface area (Å²) in [5.41, 5.74) is 2.25. The van der Waals surface area contributed by atoms with Crippen LogP contribution in [0.4, 0.5) is 5.82 Å². The van der Waals surface area contributed by atoms with E-state index in [0.717, 1.165) is 15.9 Å². The number of amides is 1. The highest BCUT2D eigenvalue weighted by Crippen LogP contribution is 2.38. The lowest BCUT2D eigenvalue weighted by Crippen LogP contribution is -2.15. The molecule has 31 heavy (non-hydrogen) atoms. The third-order valence-electron chi connectivity index (χ3n) is 4.69. The van der Waals surface area contributed by atoms with E-state index in [2.05, 4.69) is 20.1 Å². The molecular weight excluding hydrogens is 420 g/mol. The van der Waals surface area contributed by atoms with Gasteiger partial charge in [0.05, 0.1) is 28.6 Å². The molecule has 1 amide bonds. The SMILES string of the molecule is COC(=O)c1ccc(C(=O)Nc2cc(C)nn2-c2nc3cc4c(cc3s2)OCO4)cc1. The van der Waals surface area contributed by atoms with Crippen molar-refractivity contribution in [2.75, 3.05) is 19.2 Å². The number of esters is 1. The smallest absolute Gasteiger partial charge is 0.337 e. The molecule has 0 spiro atoms. The molecule has 0 unspecified atom stereocenters. The molecule has 9 nitrogen and oxygen atoms in total. The summed E-state index contributed by atoms with van der Waals surface area (Å²) in [7, 11) is 1.31. The van der Waals surface area contributed by atoms with Crippen molar-refractivity contribution < 1.29 is 23.8 Å². The van der Waals surface area contributed by atoms with Crippen molar-refractivity contribution in [2.24, 2.45) is 0 Å². The Hall–Kier alpha value is -3.92. The van der Waals surface area contributed by atoms with E-state index in [0.29, 0.717) is 33.6 Å². The number of aryl methyl sites for hydroxylation is 1. The maximum atomic E-state index is 12.7. The zero-order valence-corrected chi connectivity index (χ0v) is 17.4. The van der Waals surface area contributed by atoms with Gasteiger partial charge in [0, 0.05) is 23.8 Å². The second-order valence-electron chi connectivity index (χ2n) is 6.78. The Kier molecular flexibility index (Phi) is 4.55. The van der Waals surface area contributed by atoms with E-state index in [1.54, 1.807) is 35.0 Å². The van der Waals surface area contributed by atoms with Crippen molar-refractivity contribution in [1.29, 1.82) is 0 Å². The van der Waals surface area contributed by atoms with Gasteiger partial charge >= 0.3 is 5.97 Å². The third kappa shape index (κ3) is 3.46. The Bertz CT molecular complexity index is 1280. The second-order valence-corrected chi connectivity index (χ2v) is 7.78. The van der Waals surface area contributed by atoms with Crippen molar-refractivity contribution >= 4 is 39.2 Å². The van der Waals surface area contributed by atoms with E-state index >= 15 is 0 Å². The molecular formula is C21H16N4O5S. The van der Waals surface area contributed by atoms with Crippen LogP contribution in [0.25, 0.3) is 15.3 Å². The molecule has 0 saturated carbocycles. The van der Waals surface area contributed by atoms with Crippen molar-refractivity contribution in [3.05, 3.63) is 59.3 Å². The van der Waals surface area contributed by atoms with E-state index in [4.69, 9.17) is 9.47 Å². The lowest BCUT2D eigenvalue weighted by atomic mass is 10.1. The highest BCUT2D eigenvalue weighted by atomic mass is 32.1. The average Bonchev–Trinajstić information content (AvgIpc) is 3.48.